The zero-order valence-corrected chi connectivity index (χ0v) is 21.0. The Morgan fingerprint density at radius 1 is 0.974 bits per heavy atom. The van der Waals surface area contributed by atoms with E-state index in [0.717, 1.165) is 22.5 Å². The van der Waals surface area contributed by atoms with Gasteiger partial charge < -0.3 is 24.7 Å². The lowest BCUT2D eigenvalue weighted by atomic mass is 9.71. The van der Waals surface area contributed by atoms with Crippen molar-refractivity contribution in [3.8, 4) is 5.75 Å². The van der Waals surface area contributed by atoms with E-state index in [1.165, 1.54) is 18.2 Å². The Morgan fingerprint density at radius 3 is 2.42 bits per heavy atom. The summed E-state index contributed by atoms with van der Waals surface area (Å²) in [5, 5.41) is 20.4. The minimum atomic E-state index is -4.80. The Labute approximate surface area is 218 Å². The molecule has 5 rings (SSSR count). The van der Waals surface area contributed by atoms with Crippen molar-refractivity contribution in [3.05, 3.63) is 89.5 Å². The largest absolute Gasteiger partial charge is 0.573 e. The summed E-state index contributed by atoms with van der Waals surface area (Å²) < 4.78 is 56.3. The molecule has 202 valence electrons. The fourth-order valence-corrected chi connectivity index (χ4v) is 5.78. The SMILES string of the molecule is CC1(O)CN(c2cccc(C3(Cc4cccc(OC(F)(F)F)c4)CN(C[C@@H](O)CF)c4ccccc43)c2)C1. The van der Waals surface area contributed by atoms with E-state index in [1.807, 2.05) is 47.4 Å². The average Bonchev–Trinajstić information content (AvgIpc) is 3.15. The molecule has 0 amide bonds. The van der Waals surface area contributed by atoms with E-state index in [-0.39, 0.29) is 12.3 Å². The first kappa shape index (κ1) is 26.3. The highest BCUT2D eigenvalue weighted by atomic mass is 19.4. The fraction of sp³-hybridized carbons (Fsp3) is 0.379. The van der Waals surface area contributed by atoms with Crippen LogP contribution in [0.4, 0.5) is 28.9 Å². The minimum absolute atomic E-state index is 0.0845. The van der Waals surface area contributed by atoms with Crippen LogP contribution in [0, 0.1) is 0 Å². The topological polar surface area (TPSA) is 56.2 Å². The number of halogens is 4. The summed E-state index contributed by atoms with van der Waals surface area (Å²) in [6.45, 7) is 2.37. The predicted octanol–water partition coefficient (Wildman–Crippen LogP) is 4.84. The highest BCUT2D eigenvalue weighted by molar-refractivity contribution is 5.68. The maximum atomic E-state index is 13.3. The second-order valence-electron chi connectivity index (χ2n) is 10.6. The molecule has 2 aliphatic heterocycles. The third kappa shape index (κ3) is 5.31. The van der Waals surface area contributed by atoms with Crippen LogP contribution in [0.5, 0.6) is 5.75 Å². The molecule has 38 heavy (non-hydrogen) atoms. The molecular weight excluding hydrogens is 500 g/mol. The van der Waals surface area contributed by atoms with Gasteiger partial charge in [-0.25, -0.2) is 4.39 Å². The van der Waals surface area contributed by atoms with Crippen LogP contribution >= 0.6 is 0 Å². The van der Waals surface area contributed by atoms with Crippen molar-refractivity contribution in [1.82, 2.24) is 0 Å². The lowest BCUT2D eigenvalue weighted by Gasteiger charge is -2.46. The molecule has 1 fully saturated rings. The number of nitrogens with zero attached hydrogens (tertiary/aromatic N) is 2. The molecule has 0 bridgehead atoms. The molecule has 0 radical (unpaired) electrons. The maximum absolute atomic E-state index is 13.3. The van der Waals surface area contributed by atoms with Crippen LogP contribution < -0.4 is 14.5 Å². The first-order valence-corrected chi connectivity index (χ1v) is 12.5. The van der Waals surface area contributed by atoms with Crippen LogP contribution in [-0.4, -0.2) is 61.1 Å². The Bertz CT molecular complexity index is 1290. The van der Waals surface area contributed by atoms with Crippen molar-refractivity contribution >= 4 is 11.4 Å². The third-order valence-corrected chi connectivity index (χ3v) is 7.30. The van der Waals surface area contributed by atoms with E-state index in [4.69, 9.17) is 0 Å². The zero-order chi connectivity index (χ0) is 27.1. The molecule has 2 aliphatic rings. The maximum Gasteiger partial charge on any atom is 0.573 e. The Morgan fingerprint density at radius 2 is 1.71 bits per heavy atom. The standard InChI is InChI=1S/C29H30F4N2O3/c1-27(37)17-35(18-27)22-8-5-7-21(13-22)28(14-20-6-4-9-24(12-20)38-29(31,32)33)19-34(16-23(36)15-30)26-11-3-2-10-25(26)28/h2-13,23,36-37H,14-19H2,1H3/t23-,28?/m0/s1. The van der Waals surface area contributed by atoms with Gasteiger partial charge in [0.25, 0.3) is 0 Å². The first-order valence-electron chi connectivity index (χ1n) is 12.5. The van der Waals surface area contributed by atoms with Crippen molar-refractivity contribution in [1.29, 1.82) is 0 Å². The zero-order valence-electron chi connectivity index (χ0n) is 21.0. The second kappa shape index (κ2) is 9.78. The molecule has 2 heterocycles. The van der Waals surface area contributed by atoms with E-state index in [2.05, 4.69) is 15.7 Å². The van der Waals surface area contributed by atoms with Gasteiger partial charge in [0.15, 0.2) is 0 Å². The number of ether oxygens (including phenoxy) is 1. The number of β-amino-alcohol motifs (C(OH)–C–C–N with tert-alkyl or cyclic N) is 2. The van der Waals surface area contributed by atoms with Crippen molar-refractivity contribution in [2.24, 2.45) is 0 Å². The predicted molar refractivity (Wildman–Crippen MR) is 138 cm³/mol. The monoisotopic (exact) mass is 530 g/mol. The van der Waals surface area contributed by atoms with Gasteiger partial charge in [0.1, 0.15) is 12.4 Å². The van der Waals surface area contributed by atoms with Gasteiger partial charge in [-0.1, -0.05) is 42.5 Å². The van der Waals surface area contributed by atoms with Gasteiger partial charge in [-0.15, -0.1) is 13.2 Å². The summed E-state index contributed by atoms with van der Waals surface area (Å²) in [6.07, 6.45) is -5.62. The van der Waals surface area contributed by atoms with E-state index in [1.54, 1.807) is 13.0 Å². The molecule has 0 saturated carbocycles. The highest BCUT2D eigenvalue weighted by Gasteiger charge is 2.45. The number of benzene rings is 3. The number of rotatable bonds is 8. The van der Waals surface area contributed by atoms with Crippen molar-refractivity contribution < 1.29 is 32.5 Å². The Kier molecular flexibility index (Phi) is 6.77. The van der Waals surface area contributed by atoms with Gasteiger partial charge >= 0.3 is 6.36 Å². The summed E-state index contributed by atoms with van der Waals surface area (Å²) in [5.74, 6) is -0.294. The summed E-state index contributed by atoms with van der Waals surface area (Å²) in [7, 11) is 0. The van der Waals surface area contributed by atoms with Gasteiger partial charge in [-0.05, 0) is 60.4 Å². The molecule has 0 aromatic heterocycles. The molecule has 1 saturated heterocycles. The number of anilines is 2. The van der Waals surface area contributed by atoms with Crippen LogP contribution in [0.3, 0.4) is 0 Å². The van der Waals surface area contributed by atoms with Crippen LogP contribution in [0.15, 0.2) is 72.8 Å². The number of fused-ring (bicyclic) bond motifs is 1. The summed E-state index contributed by atoms with van der Waals surface area (Å²) >= 11 is 0. The summed E-state index contributed by atoms with van der Waals surface area (Å²) in [5.41, 5.74) is 2.85. The molecule has 2 atom stereocenters. The van der Waals surface area contributed by atoms with Crippen molar-refractivity contribution in [2.45, 2.75) is 36.8 Å². The van der Waals surface area contributed by atoms with Gasteiger partial charge in [-0.2, -0.15) is 0 Å². The van der Waals surface area contributed by atoms with E-state index in [9.17, 15) is 27.8 Å². The molecule has 2 N–H and O–H groups in total. The van der Waals surface area contributed by atoms with Gasteiger partial charge in [-0.3, -0.25) is 0 Å². The molecule has 9 heteroatoms. The Balaban J connectivity index is 1.59. The minimum Gasteiger partial charge on any atom is -0.406 e. The molecule has 3 aromatic rings. The normalized spacial score (nSPS) is 21.1. The molecule has 5 nitrogen and oxygen atoms in total. The fourth-order valence-electron chi connectivity index (χ4n) is 5.78. The highest BCUT2D eigenvalue weighted by Crippen LogP contribution is 2.48. The van der Waals surface area contributed by atoms with Crippen LogP contribution in [0.1, 0.15) is 23.6 Å². The average molecular weight is 531 g/mol. The number of hydrogen-bond donors (Lipinski definition) is 2. The summed E-state index contributed by atoms with van der Waals surface area (Å²) in [6, 6.07) is 21.6. The number of alkyl halides is 4. The molecule has 0 spiro atoms. The van der Waals surface area contributed by atoms with E-state index in [0.29, 0.717) is 31.6 Å². The second-order valence-corrected chi connectivity index (χ2v) is 10.6. The third-order valence-electron chi connectivity index (χ3n) is 7.30. The van der Waals surface area contributed by atoms with Crippen LogP contribution in [0.25, 0.3) is 0 Å². The molecule has 3 aromatic carbocycles. The van der Waals surface area contributed by atoms with E-state index < -0.39 is 30.2 Å². The number of hydrogen-bond acceptors (Lipinski definition) is 5. The lowest BCUT2D eigenvalue weighted by molar-refractivity contribution is -0.274. The van der Waals surface area contributed by atoms with Crippen molar-refractivity contribution in [2.75, 3.05) is 42.7 Å². The quantitative estimate of drug-likeness (QED) is 0.409. The van der Waals surface area contributed by atoms with Gasteiger partial charge in [0.2, 0.25) is 0 Å². The molecule has 0 aliphatic carbocycles. The van der Waals surface area contributed by atoms with Crippen LogP contribution in [0.2, 0.25) is 0 Å². The van der Waals surface area contributed by atoms with Crippen LogP contribution in [-0.2, 0) is 11.8 Å². The van der Waals surface area contributed by atoms with Gasteiger partial charge in [0, 0.05) is 43.0 Å². The number of aliphatic hydroxyl groups excluding tert-OH is 1. The number of para-hydroxylation sites is 1. The van der Waals surface area contributed by atoms with Gasteiger partial charge in [0.05, 0.1) is 11.7 Å². The van der Waals surface area contributed by atoms with Crippen molar-refractivity contribution in [3.63, 3.8) is 0 Å². The number of aliphatic hydroxyl groups is 2. The first-order chi connectivity index (χ1) is 18.0. The molecular formula is C29H30F4N2O3. The Hall–Kier alpha value is -3.30. The lowest BCUT2D eigenvalue weighted by Crippen LogP contribution is -2.60. The molecule has 1 unspecified atom stereocenters. The summed E-state index contributed by atoms with van der Waals surface area (Å²) in [4.78, 5) is 4.01. The van der Waals surface area contributed by atoms with E-state index >= 15 is 0 Å². The smallest absolute Gasteiger partial charge is 0.406 e.